The molecule has 0 unspecified atom stereocenters. The molecule has 2 rings (SSSR count). The number of aliphatic imine (C=N–C) groups is 1. The van der Waals surface area contributed by atoms with E-state index < -0.39 is 0 Å². The van der Waals surface area contributed by atoms with Gasteiger partial charge in [0.05, 0.1) is 6.21 Å². The number of rotatable bonds is 9. The van der Waals surface area contributed by atoms with Crippen molar-refractivity contribution in [3.8, 4) is 0 Å². The van der Waals surface area contributed by atoms with Gasteiger partial charge in [0.15, 0.2) is 0 Å². The first-order valence-electron chi connectivity index (χ1n) is 9.97. The summed E-state index contributed by atoms with van der Waals surface area (Å²) in [4.78, 5) is 4.29. The van der Waals surface area contributed by atoms with E-state index in [9.17, 15) is 0 Å². The molecule has 0 radical (unpaired) electrons. The van der Waals surface area contributed by atoms with Crippen molar-refractivity contribution in [1.29, 1.82) is 5.41 Å². The second kappa shape index (κ2) is 12.4. The second-order valence-electron chi connectivity index (χ2n) is 6.73. The lowest BCUT2D eigenvalue weighted by Gasteiger charge is -2.03. The Morgan fingerprint density at radius 3 is 2.61 bits per heavy atom. The second-order valence-corrected chi connectivity index (χ2v) is 6.73. The van der Waals surface area contributed by atoms with Gasteiger partial charge in [-0.25, -0.2) is 5.43 Å². The summed E-state index contributed by atoms with van der Waals surface area (Å²) in [5.74, 6) is 0.118. The van der Waals surface area contributed by atoms with Gasteiger partial charge in [0, 0.05) is 6.21 Å². The molecule has 0 aromatic heterocycles. The van der Waals surface area contributed by atoms with Gasteiger partial charge in [0.2, 0.25) is 5.96 Å². The summed E-state index contributed by atoms with van der Waals surface area (Å²) < 4.78 is 0. The van der Waals surface area contributed by atoms with Crippen LogP contribution in [0.15, 0.2) is 69.8 Å². The molecule has 1 aromatic rings. The molecule has 5 nitrogen and oxygen atoms in total. The fourth-order valence-electron chi connectivity index (χ4n) is 2.82. The minimum absolute atomic E-state index is 0.118. The van der Waals surface area contributed by atoms with Crippen molar-refractivity contribution in [1.82, 2.24) is 10.7 Å². The molecule has 0 bridgehead atoms. The Bertz CT molecular complexity index is 767. The van der Waals surface area contributed by atoms with Crippen molar-refractivity contribution >= 4 is 18.4 Å². The molecule has 1 aliphatic rings. The summed E-state index contributed by atoms with van der Waals surface area (Å²) in [6.45, 7) is 4.69. The fraction of sp³-hybridized carbons (Fsp3) is 0.348. The maximum atomic E-state index is 7.83. The van der Waals surface area contributed by atoms with Crippen LogP contribution in [0.1, 0.15) is 50.7 Å². The molecule has 0 fully saturated rings. The van der Waals surface area contributed by atoms with Gasteiger partial charge in [-0.1, -0.05) is 80.8 Å². The summed E-state index contributed by atoms with van der Waals surface area (Å²) in [7, 11) is 0. The van der Waals surface area contributed by atoms with E-state index in [4.69, 9.17) is 5.41 Å². The van der Waals surface area contributed by atoms with Crippen molar-refractivity contribution in [3.05, 3.63) is 70.8 Å². The van der Waals surface area contributed by atoms with E-state index in [0.717, 1.165) is 43.2 Å². The first-order chi connectivity index (χ1) is 13.7. The van der Waals surface area contributed by atoms with Crippen LogP contribution >= 0.6 is 0 Å². The van der Waals surface area contributed by atoms with Gasteiger partial charge in [-0.05, 0) is 36.0 Å². The first-order valence-corrected chi connectivity index (χ1v) is 9.97. The molecule has 0 atom stereocenters. The van der Waals surface area contributed by atoms with E-state index in [1.165, 1.54) is 11.1 Å². The van der Waals surface area contributed by atoms with Crippen molar-refractivity contribution in [2.45, 2.75) is 46.0 Å². The Labute approximate surface area is 168 Å². The summed E-state index contributed by atoms with van der Waals surface area (Å²) in [5, 5.41) is 14.8. The number of hydrazone groups is 1. The highest BCUT2D eigenvalue weighted by atomic mass is 15.4. The van der Waals surface area contributed by atoms with Crippen molar-refractivity contribution in [2.24, 2.45) is 10.1 Å². The zero-order valence-corrected chi connectivity index (χ0v) is 16.9. The van der Waals surface area contributed by atoms with Crippen LogP contribution in [0.25, 0.3) is 0 Å². The van der Waals surface area contributed by atoms with Crippen LogP contribution in [0.5, 0.6) is 0 Å². The summed E-state index contributed by atoms with van der Waals surface area (Å²) >= 11 is 0. The Balaban J connectivity index is 1.71. The molecular formula is C23H31N5. The molecule has 0 aliphatic heterocycles. The third-order valence-electron chi connectivity index (χ3n) is 4.27. The van der Waals surface area contributed by atoms with E-state index in [1.54, 1.807) is 12.4 Å². The lowest BCUT2D eigenvalue weighted by atomic mass is 10.1. The smallest absolute Gasteiger partial charge is 0.210 e. The molecular weight excluding hydrogens is 346 g/mol. The van der Waals surface area contributed by atoms with Gasteiger partial charge in [-0.15, -0.1) is 0 Å². The molecule has 3 N–H and O–H groups in total. The quantitative estimate of drug-likeness (QED) is 0.331. The Kier molecular flexibility index (Phi) is 9.49. The standard InChI is InChI=1S/C23H31N5/c1-3-6-19-8-5-9-21(13-10-19)17-27-28-23(24)26-18-25-16-22-14-11-20(7-4-2)12-15-22/h5,9-17H,3-4,6-8,18H2,1-2H3,(H3,24,26,28)/b25-16+,27-17+. The number of hydrogen-bond acceptors (Lipinski definition) is 3. The van der Waals surface area contributed by atoms with Crippen molar-refractivity contribution < 1.29 is 0 Å². The van der Waals surface area contributed by atoms with E-state index in [1.807, 2.05) is 0 Å². The number of hydrogen-bond donors (Lipinski definition) is 3. The Hall–Kier alpha value is -2.95. The van der Waals surface area contributed by atoms with Crippen molar-refractivity contribution in [2.75, 3.05) is 6.67 Å². The zero-order valence-electron chi connectivity index (χ0n) is 16.9. The van der Waals surface area contributed by atoms with Crippen LogP contribution in [-0.4, -0.2) is 25.1 Å². The topological polar surface area (TPSA) is 72.6 Å². The van der Waals surface area contributed by atoms with Crippen LogP contribution in [0.3, 0.4) is 0 Å². The first kappa shape index (κ1) is 21.4. The van der Waals surface area contributed by atoms with E-state index >= 15 is 0 Å². The Morgan fingerprint density at radius 1 is 1.07 bits per heavy atom. The van der Waals surface area contributed by atoms with E-state index in [0.29, 0.717) is 6.67 Å². The average Bonchev–Trinajstić information content (AvgIpc) is 2.92. The molecule has 28 heavy (non-hydrogen) atoms. The van der Waals surface area contributed by atoms with Crippen LogP contribution in [-0.2, 0) is 6.42 Å². The molecule has 0 saturated carbocycles. The number of aryl methyl sites for hydroxylation is 1. The molecule has 0 saturated heterocycles. The van der Waals surface area contributed by atoms with E-state index in [-0.39, 0.29) is 5.96 Å². The normalized spacial score (nSPS) is 14.1. The molecule has 1 aromatic carbocycles. The summed E-state index contributed by atoms with van der Waals surface area (Å²) in [5.41, 5.74) is 7.52. The summed E-state index contributed by atoms with van der Waals surface area (Å²) in [6.07, 6.45) is 17.5. The van der Waals surface area contributed by atoms with Gasteiger partial charge >= 0.3 is 0 Å². The minimum Gasteiger partial charge on any atom is -0.336 e. The van der Waals surface area contributed by atoms with Crippen LogP contribution in [0.2, 0.25) is 0 Å². The van der Waals surface area contributed by atoms with Gasteiger partial charge < -0.3 is 5.32 Å². The van der Waals surface area contributed by atoms with Gasteiger partial charge in [-0.3, -0.25) is 10.4 Å². The fourth-order valence-corrected chi connectivity index (χ4v) is 2.82. The predicted octanol–water partition coefficient (Wildman–Crippen LogP) is 4.73. The number of nitrogens with one attached hydrogen (secondary N) is 3. The molecule has 5 heteroatoms. The number of benzene rings is 1. The third-order valence-corrected chi connectivity index (χ3v) is 4.27. The van der Waals surface area contributed by atoms with Crippen LogP contribution in [0, 0.1) is 5.41 Å². The van der Waals surface area contributed by atoms with Crippen molar-refractivity contribution in [3.63, 3.8) is 0 Å². The largest absolute Gasteiger partial charge is 0.336 e. The molecule has 0 amide bonds. The third kappa shape index (κ3) is 8.16. The maximum absolute atomic E-state index is 7.83. The number of nitrogens with zero attached hydrogens (tertiary/aromatic N) is 2. The molecule has 148 valence electrons. The van der Waals surface area contributed by atoms with Crippen LogP contribution < -0.4 is 10.7 Å². The number of allylic oxidation sites excluding steroid dienone is 6. The van der Waals surface area contributed by atoms with Gasteiger partial charge in [-0.2, -0.15) is 5.10 Å². The SMILES string of the molecule is CCCC1=CC=C(/C=N/NC(=N)NC/N=C/c2ccc(CCC)cc2)C=CC1. The molecule has 0 spiro atoms. The monoisotopic (exact) mass is 377 g/mol. The zero-order chi connectivity index (χ0) is 20.0. The van der Waals surface area contributed by atoms with Gasteiger partial charge in [0.25, 0.3) is 0 Å². The lowest BCUT2D eigenvalue weighted by molar-refractivity contribution is 0.851. The highest BCUT2D eigenvalue weighted by molar-refractivity contribution is 5.85. The van der Waals surface area contributed by atoms with E-state index in [2.05, 4.69) is 83.3 Å². The average molecular weight is 378 g/mol. The predicted molar refractivity (Wildman–Crippen MR) is 120 cm³/mol. The number of guanidine groups is 1. The minimum atomic E-state index is 0.118. The highest BCUT2D eigenvalue weighted by Crippen LogP contribution is 2.15. The summed E-state index contributed by atoms with van der Waals surface area (Å²) in [6, 6.07) is 8.40. The molecule has 0 heterocycles. The Morgan fingerprint density at radius 2 is 1.86 bits per heavy atom. The highest BCUT2D eigenvalue weighted by Gasteiger charge is 1.98. The van der Waals surface area contributed by atoms with Gasteiger partial charge in [0.1, 0.15) is 6.67 Å². The molecule has 1 aliphatic carbocycles. The van der Waals surface area contributed by atoms with Crippen LogP contribution in [0.4, 0.5) is 0 Å². The lowest BCUT2D eigenvalue weighted by Crippen LogP contribution is -2.33. The maximum Gasteiger partial charge on any atom is 0.210 e.